The summed E-state index contributed by atoms with van der Waals surface area (Å²) in [6.45, 7) is 5.24. The lowest BCUT2D eigenvalue weighted by Crippen LogP contribution is -2.05. The van der Waals surface area contributed by atoms with Gasteiger partial charge >= 0.3 is 5.97 Å². The molecule has 2 heteroatoms. The van der Waals surface area contributed by atoms with Gasteiger partial charge in [-0.1, -0.05) is 303 Å². The summed E-state index contributed by atoms with van der Waals surface area (Å²) >= 11 is 0. The lowest BCUT2D eigenvalue weighted by atomic mass is 10.0. The molecule has 0 aliphatic carbocycles. The van der Waals surface area contributed by atoms with Crippen LogP contribution in [0.25, 0.3) is 0 Å². The van der Waals surface area contributed by atoms with Crippen LogP contribution in [0.3, 0.4) is 0 Å². The molecule has 0 unspecified atom stereocenters. The molecule has 0 radical (unpaired) electrons. The Morgan fingerprint density at radius 2 is 0.407 bits per heavy atom. The Labute approximate surface area is 343 Å². The van der Waals surface area contributed by atoms with Crippen molar-refractivity contribution in [1.82, 2.24) is 0 Å². The molecule has 0 aliphatic rings. The molecule has 0 saturated carbocycles. The standard InChI is InChI=1S/C52H104O2/c1-3-5-7-9-11-13-15-17-19-21-23-25-26-27-28-29-30-31-32-34-36-38-40-42-44-46-48-50-52(53)54-51-49-47-45-43-41-39-37-35-33-24-22-20-18-16-14-12-10-8-6-4-2/h3-51H2,1-2H3. The summed E-state index contributed by atoms with van der Waals surface area (Å²) in [4.78, 5) is 12.1. The van der Waals surface area contributed by atoms with Crippen molar-refractivity contribution in [3.8, 4) is 0 Å². The number of hydrogen-bond acceptors (Lipinski definition) is 2. The summed E-state index contributed by atoms with van der Waals surface area (Å²) in [7, 11) is 0. The number of carbonyl (C=O) groups excluding carboxylic acids is 1. The van der Waals surface area contributed by atoms with Crippen molar-refractivity contribution in [2.75, 3.05) is 6.61 Å². The van der Waals surface area contributed by atoms with Crippen molar-refractivity contribution in [2.24, 2.45) is 0 Å². The third-order valence-corrected chi connectivity index (χ3v) is 12.2. The van der Waals surface area contributed by atoms with Gasteiger partial charge in [0, 0.05) is 6.42 Å². The molecule has 0 aromatic rings. The summed E-state index contributed by atoms with van der Waals surface area (Å²) in [5.74, 6) is 0.0346. The van der Waals surface area contributed by atoms with Gasteiger partial charge in [-0.15, -0.1) is 0 Å². The van der Waals surface area contributed by atoms with Gasteiger partial charge in [0.05, 0.1) is 6.61 Å². The number of unbranched alkanes of at least 4 members (excludes halogenated alkanes) is 45. The van der Waals surface area contributed by atoms with Crippen LogP contribution in [0.2, 0.25) is 0 Å². The molecule has 0 atom stereocenters. The van der Waals surface area contributed by atoms with E-state index in [2.05, 4.69) is 13.8 Å². The summed E-state index contributed by atoms with van der Waals surface area (Å²) in [5.41, 5.74) is 0. The molecular weight excluding hydrogens is 657 g/mol. The number of rotatable bonds is 49. The Morgan fingerprint density at radius 1 is 0.241 bits per heavy atom. The summed E-state index contributed by atoms with van der Waals surface area (Å²) in [6.07, 6.45) is 66.8. The van der Waals surface area contributed by atoms with Gasteiger partial charge < -0.3 is 4.74 Å². The molecule has 0 amide bonds. The average molecular weight is 761 g/mol. The van der Waals surface area contributed by atoms with Crippen molar-refractivity contribution >= 4 is 5.97 Å². The van der Waals surface area contributed by atoms with E-state index in [1.165, 1.54) is 289 Å². The Morgan fingerprint density at radius 3 is 0.611 bits per heavy atom. The minimum Gasteiger partial charge on any atom is -0.466 e. The van der Waals surface area contributed by atoms with E-state index < -0.39 is 0 Å². The first-order valence-electron chi connectivity index (χ1n) is 26.0. The molecule has 0 heterocycles. The van der Waals surface area contributed by atoms with Gasteiger partial charge in [0.15, 0.2) is 0 Å². The van der Waals surface area contributed by atoms with Crippen LogP contribution < -0.4 is 0 Å². The van der Waals surface area contributed by atoms with Gasteiger partial charge in [0.2, 0.25) is 0 Å². The van der Waals surface area contributed by atoms with E-state index >= 15 is 0 Å². The van der Waals surface area contributed by atoms with E-state index in [1.54, 1.807) is 0 Å². The van der Waals surface area contributed by atoms with Crippen molar-refractivity contribution in [3.63, 3.8) is 0 Å². The van der Waals surface area contributed by atoms with E-state index in [0.29, 0.717) is 13.0 Å². The van der Waals surface area contributed by atoms with Crippen molar-refractivity contribution < 1.29 is 9.53 Å². The van der Waals surface area contributed by atoms with Crippen LogP contribution in [-0.4, -0.2) is 12.6 Å². The molecule has 0 aromatic heterocycles. The molecule has 0 aliphatic heterocycles. The molecule has 0 saturated heterocycles. The number of ether oxygens (including phenoxy) is 1. The van der Waals surface area contributed by atoms with E-state index in [0.717, 1.165) is 12.8 Å². The molecule has 0 fully saturated rings. The Balaban J connectivity index is 3.14. The first-order valence-corrected chi connectivity index (χ1v) is 26.0. The highest BCUT2D eigenvalue weighted by molar-refractivity contribution is 5.69. The second-order valence-electron chi connectivity index (χ2n) is 17.9. The lowest BCUT2D eigenvalue weighted by molar-refractivity contribution is -0.143. The van der Waals surface area contributed by atoms with Crippen LogP contribution in [0.5, 0.6) is 0 Å². The van der Waals surface area contributed by atoms with Crippen LogP contribution in [0.1, 0.15) is 322 Å². The van der Waals surface area contributed by atoms with Gasteiger partial charge in [0.25, 0.3) is 0 Å². The molecule has 0 bridgehead atoms. The molecule has 0 aromatic carbocycles. The summed E-state index contributed by atoms with van der Waals surface area (Å²) in [6, 6.07) is 0. The summed E-state index contributed by atoms with van der Waals surface area (Å²) < 4.78 is 5.50. The zero-order valence-corrected chi connectivity index (χ0v) is 38.0. The van der Waals surface area contributed by atoms with E-state index in [-0.39, 0.29) is 5.97 Å². The van der Waals surface area contributed by atoms with E-state index in [1.807, 2.05) is 0 Å². The fourth-order valence-electron chi connectivity index (χ4n) is 8.38. The zero-order valence-electron chi connectivity index (χ0n) is 38.0. The summed E-state index contributed by atoms with van der Waals surface area (Å²) in [5, 5.41) is 0. The Kier molecular flexibility index (Phi) is 50.0. The van der Waals surface area contributed by atoms with Gasteiger partial charge in [-0.2, -0.15) is 0 Å². The van der Waals surface area contributed by atoms with Gasteiger partial charge in [-0.3, -0.25) is 4.79 Å². The molecule has 2 nitrogen and oxygen atoms in total. The van der Waals surface area contributed by atoms with Gasteiger partial charge in [-0.05, 0) is 12.8 Å². The van der Waals surface area contributed by atoms with Crippen LogP contribution >= 0.6 is 0 Å². The maximum absolute atomic E-state index is 12.1. The normalized spacial score (nSPS) is 11.5. The molecule has 0 spiro atoms. The van der Waals surface area contributed by atoms with Crippen LogP contribution in [0.15, 0.2) is 0 Å². The minimum atomic E-state index is 0.0346. The number of carbonyl (C=O) groups is 1. The van der Waals surface area contributed by atoms with E-state index in [9.17, 15) is 4.79 Å². The highest BCUT2D eigenvalue weighted by atomic mass is 16.5. The number of esters is 1. The fraction of sp³-hybridized carbons (Fsp3) is 0.981. The van der Waals surface area contributed by atoms with Crippen LogP contribution in [-0.2, 0) is 9.53 Å². The largest absolute Gasteiger partial charge is 0.466 e. The second kappa shape index (κ2) is 50.5. The third kappa shape index (κ3) is 49.5. The Bertz CT molecular complexity index is 659. The quantitative estimate of drug-likeness (QED) is 0.0456. The Hall–Kier alpha value is -0.530. The first kappa shape index (κ1) is 53.5. The fourth-order valence-corrected chi connectivity index (χ4v) is 8.38. The van der Waals surface area contributed by atoms with Crippen LogP contribution in [0, 0.1) is 0 Å². The smallest absolute Gasteiger partial charge is 0.305 e. The van der Waals surface area contributed by atoms with Crippen LogP contribution in [0.4, 0.5) is 0 Å². The number of hydrogen-bond donors (Lipinski definition) is 0. The van der Waals surface area contributed by atoms with Crippen molar-refractivity contribution in [1.29, 1.82) is 0 Å². The topological polar surface area (TPSA) is 26.3 Å². The highest BCUT2D eigenvalue weighted by Crippen LogP contribution is 2.18. The first-order chi connectivity index (χ1) is 26.8. The molecular formula is C52H104O2. The molecule has 0 rings (SSSR count). The second-order valence-corrected chi connectivity index (χ2v) is 17.9. The highest BCUT2D eigenvalue weighted by Gasteiger charge is 2.03. The average Bonchev–Trinajstić information content (AvgIpc) is 3.18. The van der Waals surface area contributed by atoms with Crippen molar-refractivity contribution in [2.45, 2.75) is 322 Å². The SMILES string of the molecule is CCCCCCCCCCCCCCCCCCCCCCCCCCCCCC(=O)OCCCCCCCCCCCCCCCCCCCCCC. The maximum atomic E-state index is 12.1. The van der Waals surface area contributed by atoms with Crippen molar-refractivity contribution in [3.05, 3.63) is 0 Å². The molecule has 0 N–H and O–H groups in total. The van der Waals surface area contributed by atoms with Gasteiger partial charge in [0.1, 0.15) is 0 Å². The monoisotopic (exact) mass is 761 g/mol. The molecule has 54 heavy (non-hydrogen) atoms. The zero-order chi connectivity index (χ0) is 38.9. The molecule has 324 valence electrons. The van der Waals surface area contributed by atoms with Gasteiger partial charge in [-0.25, -0.2) is 0 Å². The third-order valence-electron chi connectivity index (χ3n) is 12.2. The minimum absolute atomic E-state index is 0.0346. The lowest BCUT2D eigenvalue weighted by Gasteiger charge is -2.06. The van der Waals surface area contributed by atoms with E-state index in [4.69, 9.17) is 4.74 Å². The predicted molar refractivity (Wildman–Crippen MR) is 244 cm³/mol. The maximum Gasteiger partial charge on any atom is 0.305 e. The predicted octanol–water partition coefficient (Wildman–Crippen LogP) is 19.3.